The molecule has 2 aromatic carbocycles. The number of fused-ring (bicyclic) bond motifs is 1. The second-order valence-corrected chi connectivity index (χ2v) is 6.09. The van der Waals surface area contributed by atoms with E-state index in [4.69, 9.17) is 13.9 Å². The second-order valence-electron chi connectivity index (χ2n) is 5.24. The summed E-state index contributed by atoms with van der Waals surface area (Å²) in [6.45, 7) is 0. The molecule has 0 atom stereocenters. The number of methoxy groups -OCH3 is 2. The highest BCUT2D eigenvalue weighted by Crippen LogP contribution is 2.35. The van der Waals surface area contributed by atoms with Crippen molar-refractivity contribution in [3.8, 4) is 17.2 Å². The van der Waals surface area contributed by atoms with Crippen LogP contribution in [0.2, 0.25) is 0 Å². The van der Waals surface area contributed by atoms with Gasteiger partial charge in [0, 0.05) is 5.39 Å². The standard InChI is InChI=1S/C19H15BrO5/c1-23-15-5-3-4-12-10-16(25-19(12)15)14(21)7-6-11-8-13(20)18(22)17(9-11)24-2/h3-10,22H,1-2H3/b7-6+. The lowest BCUT2D eigenvalue weighted by Crippen LogP contribution is -1.91. The van der Waals surface area contributed by atoms with E-state index in [1.807, 2.05) is 12.1 Å². The lowest BCUT2D eigenvalue weighted by atomic mass is 10.1. The molecule has 1 aromatic heterocycles. The monoisotopic (exact) mass is 402 g/mol. The van der Waals surface area contributed by atoms with Crippen LogP contribution in [0.3, 0.4) is 0 Å². The Labute approximate surface area is 152 Å². The topological polar surface area (TPSA) is 68.9 Å². The van der Waals surface area contributed by atoms with Crippen LogP contribution in [0.25, 0.3) is 17.0 Å². The summed E-state index contributed by atoms with van der Waals surface area (Å²) in [4.78, 5) is 12.4. The first-order chi connectivity index (χ1) is 12.0. The van der Waals surface area contributed by atoms with E-state index < -0.39 is 0 Å². The van der Waals surface area contributed by atoms with Crippen LogP contribution in [0.4, 0.5) is 0 Å². The number of furan rings is 1. The van der Waals surface area contributed by atoms with Crippen LogP contribution >= 0.6 is 15.9 Å². The number of hydrogen-bond acceptors (Lipinski definition) is 5. The molecule has 0 aliphatic heterocycles. The molecular formula is C19H15BrO5. The van der Waals surface area contributed by atoms with E-state index in [0.717, 1.165) is 5.39 Å². The summed E-state index contributed by atoms with van der Waals surface area (Å²) >= 11 is 3.25. The average Bonchev–Trinajstić information content (AvgIpc) is 3.06. The van der Waals surface area contributed by atoms with Gasteiger partial charge in [0.05, 0.1) is 18.7 Å². The number of halogens is 1. The minimum Gasteiger partial charge on any atom is -0.503 e. The zero-order chi connectivity index (χ0) is 18.0. The molecule has 5 nitrogen and oxygen atoms in total. The molecule has 0 saturated heterocycles. The molecule has 128 valence electrons. The van der Waals surface area contributed by atoms with Crippen molar-refractivity contribution >= 4 is 38.8 Å². The van der Waals surface area contributed by atoms with Crippen molar-refractivity contribution in [3.05, 3.63) is 58.3 Å². The maximum atomic E-state index is 12.4. The lowest BCUT2D eigenvalue weighted by Gasteiger charge is -2.06. The highest BCUT2D eigenvalue weighted by atomic mass is 79.9. The Morgan fingerprint density at radius 2 is 1.92 bits per heavy atom. The molecule has 3 rings (SSSR count). The van der Waals surface area contributed by atoms with Gasteiger partial charge in [0.1, 0.15) is 0 Å². The number of ether oxygens (including phenoxy) is 2. The molecule has 25 heavy (non-hydrogen) atoms. The SMILES string of the molecule is COc1cc(/C=C/C(=O)c2cc3cccc(OC)c3o2)cc(Br)c1O. The quantitative estimate of drug-likeness (QED) is 0.489. The highest BCUT2D eigenvalue weighted by Gasteiger charge is 2.13. The number of carbonyl (C=O) groups is 1. The Morgan fingerprint density at radius 3 is 2.64 bits per heavy atom. The molecule has 0 aliphatic carbocycles. The second kappa shape index (κ2) is 7.03. The lowest BCUT2D eigenvalue weighted by molar-refractivity contribution is 0.102. The number of carbonyl (C=O) groups excluding carboxylic acids is 1. The van der Waals surface area contributed by atoms with E-state index in [0.29, 0.717) is 27.1 Å². The number of aromatic hydroxyl groups is 1. The minimum absolute atomic E-state index is 0.00959. The van der Waals surface area contributed by atoms with Crippen LogP contribution in [-0.4, -0.2) is 25.1 Å². The molecule has 0 aliphatic rings. The summed E-state index contributed by atoms with van der Waals surface area (Å²) in [6.07, 6.45) is 3.03. The maximum Gasteiger partial charge on any atom is 0.221 e. The van der Waals surface area contributed by atoms with Crippen LogP contribution in [0.1, 0.15) is 16.1 Å². The van der Waals surface area contributed by atoms with Gasteiger partial charge in [-0.2, -0.15) is 0 Å². The van der Waals surface area contributed by atoms with Crippen molar-refractivity contribution in [1.82, 2.24) is 0 Å². The average molecular weight is 403 g/mol. The van der Waals surface area contributed by atoms with Crippen molar-refractivity contribution in [3.63, 3.8) is 0 Å². The van der Waals surface area contributed by atoms with E-state index in [9.17, 15) is 9.90 Å². The van der Waals surface area contributed by atoms with E-state index >= 15 is 0 Å². The van der Waals surface area contributed by atoms with Crippen molar-refractivity contribution in [2.24, 2.45) is 0 Å². The summed E-state index contributed by atoms with van der Waals surface area (Å²) in [5, 5.41) is 10.6. The highest BCUT2D eigenvalue weighted by molar-refractivity contribution is 9.10. The smallest absolute Gasteiger partial charge is 0.221 e. The van der Waals surface area contributed by atoms with E-state index in [-0.39, 0.29) is 17.3 Å². The van der Waals surface area contributed by atoms with Crippen LogP contribution in [0.5, 0.6) is 17.2 Å². The number of benzene rings is 2. The molecule has 0 amide bonds. The molecule has 1 N–H and O–H groups in total. The third kappa shape index (κ3) is 3.39. The van der Waals surface area contributed by atoms with Crippen LogP contribution < -0.4 is 9.47 Å². The van der Waals surface area contributed by atoms with Crippen molar-refractivity contribution in [2.75, 3.05) is 14.2 Å². The number of allylic oxidation sites excluding steroid dienone is 1. The Bertz CT molecular complexity index is 971. The normalized spacial score (nSPS) is 11.2. The summed E-state index contributed by atoms with van der Waals surface area (Å²) in [5.41, 5.74) is 1.24. The molecule has 0 unspecified atom stereocenters. The zero-order valence-electron chi connectivity index (χ0n) is 13.6. The van der Waals surface area contributed by atoms with Gasteiger partial charge >= 0.3 is 0 Å². The minimum atomic E-state index is -0.276. The van der Waals surface area contributed by atoms with Crippen molar-refractivity contribution < 1.29 is 23.8 Å². The number of hydrogen-bond donors (Lipinski definition) is 1. The predicted octanol–water partition coefficient (Wildman–Crippen LogP) is 4.81. The number of phenolic OH excluding ortho intramolecular Hbond substituents is 1. The summed E-state index contributed by atoms with van der Waals surface area (Å²) in [6, 6.07) is 10.5. The van der Waals surface area contributed by atoms with Gasteiger partial charge in [-0.15, -0.1) is 0 Å². The Kier molecular flexibility index (Phi) is 4.81. The molecule has 0 saturated carbocycles. The molecule has 6 heteroatoms. The molecule has 0 bridgehead atoms. The summed E-state index contributed by atoms with van der Waals surface area (Å²) < 4.78 is 16.4. The Hall–Kier alpha value is -2.73. The van der Waals surface area contributed by atoms with Crippen molar-refractivity contribution in [2.45, 2.75) is 0 Å². The van der Waals surface area contributed by atoms with Gasteiger partial charge in [-0.05, 0) is 51.8 Å². The van der Waals surface area contributed by atoms with E-state index in [1.165, 1.54) is 13.2 Å². The largest absolute Gasteiger partial charge is 0.503 e. The Morgan fingerprint density at radius 1 is 1.16 bits per heavy atom. The first-order valence-corrected chi connectivity index (χ1v) is 8.18. The molecule has 0 radical (unpaired) electrons. The first-order valence-electron chi connectivity index (χ1n) is 7.39. The van der Waals surface area contributed by atoms with Gasteiger partial charge in [-0.25, -0.2) is 0 Å². The molecule has 3 aromatic rings. The third-order valence-corrected chi connectivity index (χ3v) is 4.27. The van der Waals surface area contributed by atoms with Gasteiger partial charge < -0.3 is 19.0 Å². The zero-order valence-corrected chi connectivity index (χ0v) is 15.2. The van der Waals surface area contributed by atoms with Gasteiger partial charge in [0.2, 0.25) is 5.78 Å². The maximum absolute atomic E-state index is 12.4. The first kappa shape index (κ1) is 17.1. The van der Waals surface area contributed by atoms with Gasteiger partial charge in [0.25, 0.3) is 0 Å². The van der Waals surface area contributed by atoms with Gasteiger partial charge in [-0.3, -0.25) is 4.79 Å². The van der Waals surface area contributed by atoms with E-state index in [1.54, 1.807) is 37.5 Å². The Balaban J connectivity index is 1.90. The molecule has 0 fully saturated rings. The fourth-order valence-electron chi connectivity index (χ4n) is 2.42. The summed E-state index contributed by atoms with van der Waals surface area (Å²) in [7, 11) is 3.01. The molecular weight excluding hydrogens is 388 g/mol. The van der Waals surface area contributed by atoms with Crippen LogP contribution in [0.15, 0.2) is 51.4 Å². The predicted molar refractivity (Wildman–Crippen MR) is 98.5 cm³/mol. The molecule has 0 spiro atoms. The fourth-order valence-corrected chi connectivity index (χ4v) is 2.88. The summed E-state index contributed by atoms with van der Waals surface area (Å²) in [5.74, 6) is 0.847. The molecule has 1 heterocycles. The van der Waals surface area contributed by atoms with Crippen LogP contribution in [-0.2, 0) is 0 Å². The third-order valence-electron chi connectivity index (χ3n) is 3.67. The fraction of sp³-hybridized carbons (Fsp3) is 0.105. The van der Waals surface area contributed by atoms with Gasteiger partial charge in [0.15, 0.2) is 28.6 Å². The van der Waals surface area contributed by atoms with Crippen LogP contribution in [0, 0.1) is 0 Å². The van der Waals surface area contributed by atoms with Gasteiger partial charge in [-0.1, -0.05) is 18.2 Å². The number of para-hydroxylation sites is 1. The number of phenols is 1. The number of ketones is 1. The number of rotatable bonds is 5. The van der Waals surface area contributed by atoms with Crippen molar-refractivity contribution in [1.29, 1.82) is 0 Å². The van der Waals surface area contributed by atoms with E-state index in [2.05, 4.69) is 15.9 Å².